The number of aryl methyl sites for hydroxylation is 1. The van der Waals surface area contributed by atoms with Crippen LogP contribution in [0.3, 0.4) is 0 Å². The van der Waals surface area contributed by atoms with Crippen LogP contribution in [0.5, 0.6) is 0 Å². The topological polar surface area (TPSA) is 26.3 Å². The van der Waals surface area contributed by atoms with E-state index in [1.807, 2.05) is 37.3 Å². The molecule has 0 radical (unpaired) electrons. The zero-order valence-electron chi connectivity index (χ0n) is 16.3. The number of benzene rings is 2. The summed E-state index contributed by atoms with van der Waals surface area (Å²) in [7, 11) is -0.922. The van der Waals surface area contributed by atoms with Crippen molar-refractivity contribution in [2.45, 2.75) is 39.5 Å². The molecule has 0 aromatic heterocycles. The fourth-order valence-electron chi connectivity index (χ4n) is 2.55. The van der Waals surface area contributed by atoms with Crippen molar-refractivity contribution in [1.82, 2.24) is 0 Å². The summed E-state index contributed by atoms with van der Waals surface area (Å²) in [5.41, 5.74) is 1.46. The van der Waals surface area contributed by atoms with Gasteiger partial charge in [0.2, 0.25) is 0 Å². The summed E-state index contributed by atoms with van der Waals surface area (Å²) in [6.45, 7) is 4.86. The molecule has 0 spiro atoms. The van der Waals surface area contributed by atoms with Crippen LogP contribution in [0.15, 0.2) is 42.5 Å². The average molecular weight is 371 g/mol. The van der Waals surface area contributed by atoms with E-state index in [1.54, 1.807) is 0 Å². The molecule has 2 aromatic carbocycles. The summed E-state index contributed by atoms with van der Waals surface area (Å²) in [6, 6.07) is 14.2. The van der Waals surface area contributed by atoms with Crippen molar-refractivity contribution >= 4 is 36.6 Å². The van der Waals surface area contributed by atoms with Gasteiger partial charge in [-0.25, -0.2) is 0 Å². The van der Waals surface area contributed by atoms with E-state index >= 15 is 0 Å². The molecule has 2 rings (SSSR count). The van der Waals surface area contributed by atoms with Crippen LogP contribution < -0.4 is 29.5 Å². The van der Waals surface area contributed by atoms with E-state index in [2.05, 4.69) is 19.1 Å². The molecule has 0 aliphatic heterocycles. The normalized spacial score (nSPS) is 11.6. The third-order valence-electron chi connectivity index (χ3n) is 3.88. The van der Waals surface area contributed by atoms with E-state index in [9.17, 15) is 4.79 Å². The molecule has 1 atom stereocenters. The van der Waals surface area contributed by atoms with Crippen molar-refractivity contribution < 1.29 is 29.6 Å². The minimum atomic E-state index is -0.922. The molecule has 0 aliphatic rings. The van der Waals surface area contributed by atoms with E-state index < -0.39 is 8.15 Å². The maximum atomic E-state index is 11.2. The predicted molar refractivity (Wildman–Crippen MR) is 105 cm³/mol. The Hall–Kier alpha value is -0.613. The van der Waals surface area contributed by atoms with Crippen LogP contribution in [0.1, 0.15) is 50.0 Å². The minimum absolute atomic E-state index is 0. The van der Waals surface area contributed by atoms with Gasteiger partial charge in [0.25, 0.3) is 0 Å². The fourth-order valence-corrected chi connectivity index (χ4v) is 4.85. The Balaban J connectivity index is 0.00000312. The smallest absolute Gasteiger partial charge is 1.00 e. The van der Waals surface area contributed by atoms with Crippen molar-refractivity contribution in [3.63, 3.8) is 0 Å². The van der Waals surface area contributed by atoms with Crippen LogP contribution in [0.4, 0.5) is 0 Å². The minimum Gasteiger partial charge on any atom is -1.00 e. The first-order valence-corrected chi connectivity index (χ1v) is 10.0. The Morgan fingerprint density at radius 2 is 1.84 bits per heavy atom. The summed E-state index contributed by atoms with van der Waals surface area (Å²) in [5, 5.41) is 2.72. The first kappa shape index (κ1) is 22.4. The fraction of sp³-hybridized carbons (Fsp3) is 0.350. The monoisotopic (exact) mass is 370 g/mol. The molecule has 5 heteroatoms. The van der Waals surface area contributed by atoms with Gasteiger partial charge < -0.3 is 5.95 Å². The van der Waals surface area contributed by atoms with Gasteiger partial charge in [-0.05, 0) is 31.0 Å². The molecular weight excluding hydrogens is 346 g/mol. The molecule has 0 saturated heterocycles. The first-order chi connectivity index (χ1) is 11.7. The SMILES string of the molecule is CCCCCCOP(c1ccccc1)c1cc(C)c(C=O)c(Cl)c1.[H-].[Li+]. The van der Waals surface area contributed by atoms with Gasteiger partial charge in [0, 0.05) is 16.2 Å². The number of carbonyl (C=O) groups excluding carboxylic acids is 1. The second-order valence-electron chi connectivity index (χ2n) is 5.80. The van der Waals surface area contributed by atoms with E-state index in [0.717, 1.165) is 35.5 Å². The number of hydrogen-bond acceptors (Lipinski definition) is 2. The van der Waals surface area contributed by atoms with Crippen molar-refractivity contribution in [3.05, 3.63) is 58.6 Å². The maximum absolute atomic E-state index is 11.2. The van der Waals surface area contributed by atoms with E-state index in [4.69, 9.17) is 16.1 Å². The molecule has 25 heavy (non-hydrogen) atoms. The number of hydrogen-bond donors (Lipinski definition) is 0. The molecule has 2 aromatic rings. The Labute approximate surface area is 170 Å². The van der Waals surface area contributed by atoms with Crippen LogP contribution >= 0.6 is 19.7 Å². The number of unbranched alkanes of at least 4 members (excludes halogenated alkanes) is 3. The molecular formula is C20H25ClLiO2P. The zero-order chi connectivity index (χ0) is 17.4. The van der Waals surface area contributed by atoms with Gasteiger partial charge in [-0.3, -0.25) is 4.79 Å². The van der Waals surface area contributed by atoms with Gasteiger partial charge in [0.1, 0.15) is 0 Å². The van der Waals surface area contributed by atoms with Gasteiger partial charge in [0.05, 0.1) is 19.8 Å². The summed E-state index contributed by atoms with van der Waals surface area (Å²) in [5.74, 6) is 0. The number of carbonyl (C=O) groups is 1. The Morgan fingerprint density at radius 3 is 2.44 bits per heavy atom. The molecule has 0 bridgehead atoms. The zero-order valence-corrected chi connectivity index (χ0v) is 16.9. The van der Waals surface area contributed by atoms with Crippen LogP contribution in [0.25, 0.3) is 0 Å². The molecule has 0 N–H and O–H groups in total. The largest absolute Gasteiger partial charge is 1.00 e. The Morgan fingerprint density at radius 1 is 1.12 bits per heavy atom. The van der Waals surface area contributed by atoms with Crippen LogP contribution in [-0.4, -0.2) is 12.9 Å². The maximum Gasteiger partial charge on any atom is 1.00 e. The molecule has 0 aliphatic carbocycles. The van der Waals surface area contributed by atoms with Gasteiger partial charge in [-0.2, -0.15) is 0 Å². The number of halogens is 1. The van der Waals surface area contributed by atoms with E-state index in [1.165, 1.54) is 19.3 Å². The molecule has 0 amide bonds. The van der Waals surface area contributed by atoms with Gasteiger partial charge in [-0.15, -0.1) is 0 Å². The number of rotatable bonds is 9. The first-order valence-electron chi connectivity index (χ1n) is 8.40. The average Bonchev–Trinajstić information content (AvgIpc) is 2.58. The third-order valence-corrected chi connectivity index (χ3v) is 6.13. The van der Waals surface area contributed by atoms with Gasteiger partial charge in [-0.1, -0.05) is 68.1 Å². The predicted octanol–water partition coefficient (Wildman–Crippen LogP) is 2.52. The molecule has 0 saturated carbocycles. The van der Waals surface area contributed by atoms with Crippen molar-refractivity contribution in [3.8, 4) is 0 Å². The van der Waals surface area contributed by atoms with Crippen LogP contribution in [0.2, 0.25) is 5.02 Å². The van der Waals surface area contributed by atoms with Crippen molar-refractivity contribution in [2.24, 2.45) is 0 Å². The summed E-state index contributed by atoms with van der Waals surface area (Å²) in [6.07, 6.45) is 5.54. The molecule has 0 fully saturated rings. The Bertz CT molecular complexity index is 647. The van der Waals surface area contributed by atoms with E-state index in [0.29, 0.717) is 10.6 Å². The molecule has 1 unspecified atom stereocenters. The van der Waals surface area contributed by atoms with E-state index in [-0.39, 0.29) is 20.3 Å². The van der Waals surface area contributed by atoms with Crippen molar-refractivity contribution in [1.29, 1.82) is 0 Å². The van der Waals surface area contributed by atoms with Gasteiger partial charge in [0.15, 0.2) is 6.29 Å². The standard InChI is InChI=1S/C20H24ClO2P.Li.H/c1-3-4-5-9-12-23-24(17-10-7-6-8-11-17)18-13-16(2)19(15-22)20(21)14-18;;/h6-8,10-11,13-15H,3-5,9,12H2,1-2H3;;/q;+1;-1. The summed E-state index contributed by atoms with van der Waals surface area (Å²) < 4.78 is 6.26. The second kappa shape index (κ2) is 11.9. The summed E-state index contributed by atoms with van der Waals surface area (Å²) >= 11 is 6.29. The number of aldehydes is 1. The second-order valence-corrected chi connectivity index (χ2v) is 8.09. The molecule has 130 valence electrons. The molecule has 2 nitrogen and oxygen atoms in total. The Kier molecular flexibility index (Phi) is 10.7. The quantitative estimate of drug-likeness (QED) is 0.293. The van der Waals surface area contributed by atoms with Gasteiger partial charge >= 0.3 is 18.9 Å². The van der Waals surface area contributed by atoms with Crippen LogP contribution in [0, 0.1) is 6.92 Å². The van der Waals surface area contributed by atoms with Crippen LogP contribution in [-0.2, 0) is 4.52 Å². The third kappa shape index (κ3) is 6.56. The van der Waals surface area contributed by atoms with Crippen molar-refractivity contribution in [2.75, 3.05) is 6.61 Å². The molecule has 0 heterocycles. The summed E-state index contributed by atoms with van der Waals surface area (Å²) in [4.78, 5) is 11.2.